The van der Waals surface area contributed by atoms with Gasteiger partial charge in [-0.2, -0.15) is 5.53 Å². The van der Waals surface area contributed by atoms with Crippen LogP contribution in [-0.2, 0) is 0 Å². The highest BCUT2D eigenvalue weighted by Gasteiger charge is 2.25. The number of nitrogens with one attached hydrogen (secondary N) is 2. The van der Waals surface area contributed by atoms with Gasteiger partial charge in [0.25, 0.3) is 0 Å². The summed E-state index contributed by atoms with van der Waals surface area (Å²) in [6, 6.07) is 1.17. The zero-order chi connectivity index (χ0) is 8.43. The first kappa shape index (κ1) is 8.97. The molecule has 2 N–H and O–H groups in total. The Labute approximate surface area is 69.1 Å². The van der Waals surface area contributed by atoms with Gasteiger partial charge in [-0.25, -0.2) is 10.4 Å². The van der Waals surface area contributed by atoms with E-state index in [9.17, 15) is 0 Å². The quantitative estimate of drug-likeness (QED) is 0.619. The average Bonchev–Trinajstić information content (AvgIpc) is 2.33. The molecule has 0 bridgehead atoms. The Kier molecular flexibility index (Phi) is 2.87. The third kappa shape index (κ3) is 2.15. The predicted molar refractivity (Wildman–Crippen MR) is 46.7 cm³/mol. The van der Waals surface area contributed by atoms with Gasteiger partial charge in [-0.1, -0.05) is 13.8 Å². The minimum absolute atomic E-state index is 0.575. The van der Waals surface area contributed by atoms with Crippen molar-refractivity contribution in [3.63, 3.8) is 0 Å². The maximum atomic E-state index is 3.26. The Balaban J connectivity index is 2.35. The van der Waals surface area contributed by atoms with Crippen molar-refractivity contribution in [1.29, 1.82) is 0 Å². The first-order valence-corrected chi connectivity index (χ1v) is 4.39. The van der Waals surface area contributed by atoms with Crippen LogP contribution in [0.4, 0.5) is 0 Å². The molecule has 11 heavy (non-hydrogen) atoms. The van der Waals surface area contributed by atoms with Gasteiger partial charge in [0, 0.05) is 18.6 Å². The summed E-state index contributed by atoms with van der Waals surface area (Å²) < 4.78 is 0. The summed E-state index contributed by atoms with van der Waals surface area (Å²) >= 11 is 0. The van der Waals surface area contributed by atoms with E-state index in [-0.39, 0.29) is 0 Å². The van der Waals surface area contributed by atoms with Gasteiger partial charge >= 0.3 is 0 Å². The smallest absolute Gasteiger partial charge is 0.0391 e. The van der Waals surface area contributed by atoms with Crippen LogP contribution in [0.1, 0.15) is 27.7 Å². The van der Waals surface area contributed by atoms with Crippen LogP contribution in [0.2, 0.25) is 0 Å². The van der Waals surface area contributed by atoms with E-state index in [0.717, 1.165) is 6.54 Å². The maximum Gasteiger partial charge on any atom is 0.0391 e. The van der Waals surface area contributed by atoms with Gasteiger partial charge in [0.05, 0.1) is 0 Å². The van der Waals surface area contributed by atoms with Crippen LogP contribution in [0, 0.1) is 5.92 Å². The SMILES string of the molecule is CC(C)C1CN(C(C)C)NN1. The van der Waals surface area contributed by atoms with E-state index in [1.165, 1.54) is 0 Å². The third-order valence-corrected chi connectivity index (χ3v) is 2.22. The molecule has 1 heterocycles. The lowest BCUT2D eigenvalue weighted by Crippen LogP contribution is -2.41. The second-order valence-corrected chi connectivity index (χ2v) is 3.85. The molecule has 1 rings (SSSR count). The van der Waals surface area contributed by atoms with Crippen molar-refractivity contribution in [2.75, 3.05) is 6.54 Å². The van der Waals surface area contributed by atoms with Crippen LogP contribution in [0.25, 0.3) is 0 Å². The molecule has 0 aromatic heterocycles. The van der Waals surface area contributed by atoms with Gasteiger partial charge in [0.1, 0.15) is 0 Å². The largest absolute Gasteiger partial charge is 0.239 e. The molecule has 0 aliphatic carbocycles. The van der Waals surface area contributed by atoms with E-state index < -0.39 is 0 Å². The molecular weight excluding hydrogens is 138 g/mol. The number of nitrogens with zero attached hydrogens (tertiary/aromatic N) is 1. The van der Waals surface area contributed by atoms with Crippen molar-refractivity contribution in [1.82, 2.24) is 16.0 Å². The van der Waals surface area contributed by atoms with E-state index in [0.29, 0.717) is 18.0 Å². The van der Waals surface area contributed by atoms with Crippen LogP contribution < -0.4 is 11.0 Å². The molecule has 0 radical (unpaired) electrons. The standard InChI is InChI=1S/C8H19N3/c1-6(2)8-5-11(7(3)4)10-9-8/h6-10H,5H2,1-4H3. The lowest BCUT2D eigenvalue weighted by atomic mass is 10.1. The Bertz CT molecular complexity index is 109. The lowest BCUT2D eigenvalue weighted by Gasteiger charge is -2.18. The van der Waals surface area contributed by atoms with Crippen molar-refractivity contribution in [3.8, 4) is 0 Å². The van der Waals surface area contributed by atoms with Crippen molar-refractivity contribution in [3.05, 3.63) is 0 Å². The van der Waals surface area contributed by atoms with E-state index in [4.69, 9.17) is 0 Å². The molecule has 0 saturated carbocycles. The first-order valence-electron chi connectivity index (χ1n) is 4.39. The molecule has 0 aromatic carbocycles. The van der Waals surface area contributed by atoms with E-state index in [1.54, 1.807) is 0 Å². The van der Waals surface area contributed by atoms with E-state index in [2.05, 4.69) is 43.7 Å². The van der Waals surface area contributed by atoms with Gasteiger partial charge in [0.15, 0.2) is 0 Å². The topological polar surface area (TPSA) is 27.3 Å². The summed E-state index contributed by atoms with van der Waals surface area (Å²) in [7, 11) is 0. The molecule has 1 atom stereocenters. The van der Waals surface area contributed by atoms with Crippen LogP contribution >= 0.6 is 0 Å². The highest BCUT2D eigenvalue weighted by molar-refractivity contribution is 4.78. The van der Waals surface area contributed by atoms with Crippen LogP contribution in [0.15, 0.2) is 0 Å². The third-order valence-electron chi connectivity index (χ3n) is 2.22. The van der Waals surface area contributed by atoms with Gasteiger partial charge in [-0.3, -0.25) is 0 Å². The fourth-order valence-corrected chi connectivity index (χ4v) is 1.19. The van der Waals surface area contributed by atoms with Crippen molar-refractivity contribution in [2.24, 2.45) is 5.92 Å². The van der Waals surface area contributed by atoms with Crippen molar-refractivity contribution < 1.29 is 0 Å². The molecule has 3 heteroatoms. The second-order valence-electron chi connectivity index (χ2n) is 3.85. The molecular formula is C8H19N3. The molecule has 1 aliphatic heterocycles. The first-order chi connectivity index (χ1) is 5.11. The van der Waals surface area contributed by atoms with Crippen LogP contribution in [-0.4, -0.2) is 23.6 Å². The Morgan fingerprint density at radius 3 is 2.18 bits per heavy atom. The summed E-state index contributed by atoms with van der Waals surface area (Å²) in [6.07, 6.45) is 0. The molecule has 3 nitrogen and oxygen atoms in total. The number of hydrogen-bond acceptors (Lipinski definition) is 3. The Hall–Kier alpha value is -0.120. The zero-order valence-electron chi connectivity index (χ0n) is 7.89. The lowest BCUT2D eigenvalue weighted by molar-refractivity contribution is 0.183. The normalized spacial score (nSPS) is 27.3. The van der Waals surface area contributed by atoms with Crippen LogP contribution in [0.5, 0.6) is 0 Å². The maximum absolute atomic E-state index is 3.26. The minimum atomic E-state index is 0.575. The molecule has 0 spiro atoms. The van der Waals surface area contributed by atoms with Gasteiger partial charge in [0.2, 0.25) is 0 Å². The number of hydrazine groups is 2. The highest BCUT2D eigenvalue weighted by atomic mass is 15.7. The zero-order valence-corrected chi connectivity index (χ0v) is 7.89. The van der Waals surface area contributed by atoms with Crippen LogP contribution in [0.3, 0.4) is 0 Å². The minimum Gasteiger partial charge on any atom is -0.239 e. The summed E-state index contributed by atoms with van der Waals surface area (Å²) in [5.74, 6) is 0.700. The molecule has 1 saturated heterocycles. The average molecular weight is 157 g/mol. The van der Waals surface area contributed by atoms with E-state index >= 15 is 0 Å². The van der Waals surface area contributed by atoms with Gasteiger partial charge < -0.3 is 0 Å². The molecule has 1 aliphatic rings. The molecule has 0 aromatic rings. The van der Waals surface area contributed by atoms with Gasteiger partial charge in [-0.15, -0.1) is 0 Å². The summed E-state index contributed by atoms with van der Waals surface area (Å²) in [6.45, 7) is 9.97. The predicted octanol–water partition coefficient (Wildman–Crippen LogP) is 0.744. The number of hydrogen-bond donors (Lipinski definition) is 2. The summed E-state index contributed by atoms with van der Waals surface area (Å²) in [5, 5.41) is 2.23. The summed E-state index contributed by atoms with van der Waals surface area (Å²) in [4.78, 5) is 0. The molecule has 1 unspecified atom stereocenters. The second kappa shape index (κ2) is 3.52. The molecule has 0 amide bonds. The monoisotopic (exact) mass is 157 g/mol. The Morgan fingerprint density at radius 2 is 1.91 bits per heavy atom. The Morgan fingerprint density at radius 1 is 1.27 bits per heavy atom. The molecule has 66 valence electrons. The van der Waals surface area contributed by atoms with Gasteiger partial charge in [-0.05, 0) is 19.8 Å². The molecule has 1 fully saturated rings. The highest BCUT2D eigenvalue weighted by Crippen LogP contribution is 2.08. The summed E-state index contributed by atoms with van der Waals surface area (Å²) in [5.41, 5.74) is 6.43. The van der Waals surface area contributed by atoms with E-state index in [1.807, 2.05) is 0 Å². The fourth-order valence-electron chi connectivity index (χ4n) is 1.19. The fraction of sp³-hybridized carbons (Fsp3) is 1.00. The number of rotatable bonds is 2. The van der Waals surface area contributed by atoms with Crippen molar-refractivity contribution >= 4 is 0 Å². The van der Waals surface area contributed by atoms with Crippen molar-refractivity contribution in [2.45, 2.75) is 39.8 Å².